The first-order chi connectivity index (χ1) is 24.1. The van der Waals surface area contributed by atoms with Gasteiger partial charge in [-0.1, -0.05) is 29.3 Å². The molecule has 3 amide bonds. The number of anilines is 1. The van der Waals surface area contributed by atoms with Gasteiger partial charge in [0.25, 0.3) is 11.8 Å². The smallest absolute Gasteiger partial charge is 0.469 e. The number of aromatic nitrogens is 1. The van der Waals surface area contributed by atoms with Crippen molar-refractivity contribution in [2.45, 2.75) is 55.9 Å². The number of pyridine rings is 1. The number of fused-ring (bicyclic) bond motifs is 3. The van der Waals surface area contributed by atoms with Gasteiger partial charge in [-0.2, -0.15) is 0 Å². The third-order valence-electron chi connectivity index (χ3n) is 8.70. The molecule has 19 heteroatoms. The number of carbonyl (C=O) groups is 3. The number of hydrogen-bond donors (Lipinski definition) is 4. The van der Waals surface area contributed by atoms with Crippen molar-refractivity contribution in [3.63, 3.8) is 0 Å². The van der Waals surface area contributed by atoms with Crippen LogP contribution in [0.3, 0.4) is 0 Å². The van der Waals surface area contributed by atoms with E-state index in [1.807, 2.05) is 0 Å². The third-order valence-corrected chi connectivity index (χ3v) is 9.78. The molecule has 3 saturated carbocycles. The molecule has 14 nitrogen and oxygen atoms in total. The second kappa shape index (κ2) is 15.7. The molecular weight excluding hydrogens is 740 g/mol. The van der Waals surface area contributed by atoms with Crippen molar-refractivity contribution >= 4 is 54.8 Å². The highest BCUT2D eigenvalue weighted by molar-refractivity contribution is 7.46. The van der Waals surface area contributed by atoms with Crippen LogP contribution in [0.4, 0.5) is 19.4 Å². The molecule has 0 saturated heterocycles. The summed E-state index contributed by atoms with van der Waals surface area (Å²) >= 11 is 11.4. The largest absolute Gasteiger partial charge is 0.484 e. The van der Waals surface area contributed by atoms with E-state index in [1.165, 1.54) is 49.6 Å². The topological polar surface area (TPSA) is 186 Å². The zero-order chi connectivity index (χ0) is 37.0. The summed E-state index contributed by atoms with van der Waals surface area (Å²) < 4.78 is 60.6. The quantitative estimate of drug-likeness (QED) is 0.170. The first-order valence-electron chi connectivity index (χ1n) is 15.4. The third kappa shape index (κ3) is 9.64. The Morgan fingerprint density at radius 3 is 2.06 bits per heavy atom. The van der Waals surface area contributed by atoms with Gasteiger partial charge in [0, 0.05) is 42.9 Å². The molecule has 2 aromatic carbocycles. The van der Waals surface area contributed by atoms with E-state index in [0.29, 0.717) is 12.8 Å². The fourth-order valence-electron chi connectivity index (χ4n) is 6.15. The number of carbonyl (C=O) groups excluding carboxylic acids is 3. The van der Waals surface area contributed by atoms with Crippen LogP contribution in [-0.2, 0) is 30.0 Å². The molecule has 0 spiro atoms. The molecular formula is C32H33Cl2F2N4O10P. The maximum Gasteiger partial charge on any atom is 0.469 e. The van der Waals surface area contributed by atoms with E-state index < -0.39 is 74.4 Å². The summed E-state index contributed by atoms with van der Waals surface area (Å²) in [5, 5.41) is 5.70. The van der Waals surface area contributed by atoms with Crippen molar-refractivity contribution in [2.24, 2.45) is 0 Å². The molecule has 3 aliphatic carbocycles. The van der Waals surface area contributed by atoms with E-state index in [1.54, 1.807) is 0 Å². The number of nitrogens with one attached hydrogen (secondary N) is 2. The van der Waals surface area contributed by atoms with Crippen LogP contribution in [0, 0.1) is 11.6 Å². The molecule has 3 fully saturated rings. The Bertz CT molecular complexity index is 1840. The van der Waals surface area contributed by atoms with Crippen LogP contribution in [0.1, 0.15) is 37.7 Å². The summed E-state index contributed by atoms with van der Waals surface area (Å²) in [7, 11) is -3.50. The van der Waals surface area contributed by atoms with Gasteiger partial charge >= 0.3 is 13.9 Å². The highest BCUT2D eigenvalue weighted by atomic mass is 35.5. The molecule has 4 N–H and O–H groups in total. The van der Waals surface area contributed by atoms with Crippen LogP contribution in [0.5, 0.6) is 11.5 Å². The summed E-state index contributed by atoms with van der Waals surface area (Å²) in [6, 6.07) is 10.4. The summed E-state index contributed by atoms with van der Waals surface area (Å²) in [6.07, 6.45) is 0.819. The Morgan fingerprint density at radius 2 is 1.51 bits per heavy atom. The van der Waals surface area contributed by atoms with Crippen LogP contribution in [0.15, 0.2) is 54.7 Å². The van der Waals surface area contributed by atoms with Gasteiger partial charge in [-0.05, 0) is 56.0 Å². The molecule has 3 aliphatic rings. The Kier molecular flexibility index (Phi) is 11.7. The van der Waals surface area contributed by atoms with Crippen LogP contribution in [0.2, 0.25) is 10.0 Å². The van der Waals surface area contributed by atoms with Crippen LogP contribution < -0.4 is 25.0 Å². The summed E-state index contributed by atoms with van der Waals surface area (Å²) in [5.74, 6) is -2.37. The Labute approximate surface area is 300 Å². The van der Waals surface area contributed by atoms with E-state index in [-0.39, 0.29) is 52.2 Å². The Morgan fingerprint density at radius 1 is 0.941 bits per heavy atom. The number of nitrogens with zero attached hydrogens (tertiary/aromatic N) is 2. The summed E-state index contributed by atoms with van der Waals surface area (Å²) in [4.78, 5) is 63.4. The van der Waals surface area contributed by atoms with E-state index in [2.05, 4.69) is 20.1 Å². The molecule has 0 unspecified atom stereocenters. The predicted octanol–water partition coefficient (Wildman–Crippen LogP) is 5.06. The lowest BCUT2D eigenvalue weighted by Gasteiger charge is -2.57. The number of hydrogen-bond acceptors (Lipinski definition) is 9. The van der Waals surface area contributed by atoms with Gasteiger partial charge in [0.2, 0.25) is 0 Å². The van der Waals surface area contributed by atoms with Crippen molar-refractivity contribution in [1.29, 1.82) is 0 Å². The van der Waals surface area contributed by atoms with Gasteiger partial charge in [0.05, 0.1) is 22.2 Å². The van der Waals surface area contributed by atoms with E-state index in [0.717, 1.165) is 17.0 Å². The molecule has 1 heterocycles. The maximum atomic E-state index is 13.9. The average Bonchev–Trinajstić information content (AvgIpc) is 3.08. The van der Waals surface area contributed by atoms with Gasteiger partial charge in [0.1, 0.15) is 35.1 Å². The lowest BCUT2D eigenvalue weighted by Crippen LogP contribution is -2.71. The number of phosphoric ester groups is 1. The molecule has 2 bridgehead atoms. The van der Waals surface area contributed by atoms with Crippen molar-refractivity contribution in [3.05, 3.63) is 82.0 Å². The number of amides is 3. The molecule has 6 rings (SSSR count). The van der Waals surface area contributed by atoms with Crippen molar-refractivity contribution in [2.75, 3.05) is 25.2 Å². The standard InChI is InChI=1S/C32H33Cl2F2N4O10P/c1-40(29-19(3-2-12-37-29)16-49-51(44,45)46)30(43)50-26-15-31(38-27(41)17-47-20-4-6-22(33)24(35)13-20)8-10-32(26,11-9-31)39-28(42)18-48-21-5-7-23(34)25(36)14-21/h2-7,12-14,26H,8-11,15-18H2,1H3,(H,38,41)(H,39,42)(H2,44,45,46)/t26-,31?,32?/m1/s1. The number of rotatable bonds is 13. The monoisotopic (exact) mass is 772 g/mol. The number of halogens is 4. The van der Waals surface area contributed by atoms with E-state index in [4.69, 9.17) is 47.2 Å². The number of ether oxygens (including phenoxy) is 3. The van der Waals surface area contributed by atoms with Crippen LogP contribution in [-0.4, -0.2) is 70.1 Å². The zero-order valence-electron chi connectivity index (χ0n) is 26.9. The minimum atomic E-state index is -4.84. The SMILES string of the molecule is CN(C(=O)O[C@@H]1CC2(NC(=O)COc3ccc(Cl)c(F)c3)CCC1(NC(=O)COc1ccc(Cl)c(F)c1)CC2)c1ncccc1COP(=O)(O)O. The van der Waals surface area contributed by atoms with Gasteiger partial charge in [-0.3, -0.25) is 19.0 Å². The summed E-state index contributed by atoms with van der Waals surface area (Å²) in [6.45, 7) is -1.50. The first kappa shape index (κ1) is 38.2. The highest BCUT2D eigenvalue weighted by Crippen LogP contribution is 2.48. The molecule has 0 aliphatic heterocycles. The zero-order valence-corrected chi connectivity index (χ0v) is 29.4. The van der Waals surface area contributed by atoms with Gasteiger partial charge in [-0.25, -0.2) is 23.1 Å². The van der Waals surface area contributed by atoms with Crippen LogP contribution in [0.25, 0.3) is 0 Å². The average molecular weight is 774 g/mol. The number of phosphoric acid groups is 1. The normalized spacial score (nSPS) is 21.0. The Balaban J connectivity index is 1.31. The minimum absolute atomic E-state index is 0.00241. The van der Waals surface area contributed by atoms with Crippen molar-refractivity contribution < 1.29 is 56.3 Å². The highest BCUT2D eigenvalue weighted by Gasteiger charge is 2.57. The maximum absolute atomic E-state index is 13.9. The molecule has 274 valence electrons. The molecule has 1 aromatic heterocycles. The Hall–Kier alpha value is -4.05. The second-order valence-electron chi connectivity index (χ2n) is 12.1. The van der Waals surface area contributed by atoms with Gasteiger partial charge in [0.15, 0.2) is 13.2 Å². The van der Waals surface area contributed by atoms with Crippen molar-refractivity contribution in [3.8, 4) is 11.5 Å². The fraction of sp³-hybridized carbons (Fsp3) is 0.375. The van der Waals surface area contributed by atoms with Gasteiger partial charge < -0.3 is 34.6 Å². The lowest BCUT2D eigenvalue weighted by atomic mass is 9.59. The molecule has 3 aromatic rings. The summed E-state index contributed by atoms with van der Waals surface area (Å²) in [5.41, 5.74) is -1.79. The number of benzene rings is 2. The molecule has 1 atom stereocenters. The van der Waals surface area contributed by atoms with Gasteiger partial charge in [-0.15, -0.1) is 0 Å². The fourth-order valence-corrected chi connectivity index (χ4v) is 6.69. The minimum Gasteiger partial charge on any atom is -0.484 e. The van der Waals surface area contributed by atoms with Crippen molar-refractivity contribution in [1.82, 2.24) is 15.6 Å². The predicted molar refractivity (Wildman–Crippen MR) is 178 cm³/mol. The van der Waals surface area contributed by atoms with E-state index >= 15 is 0 Å². The van der Waals surface area contributed by atoms with Crippen LogP contribution >= 0.6 is 31.0 Å². The molecule has 0 radical (unpaired) electrons. The van der Waals surface area contributed by atoms with E-state index in [9.17, 15) is 27.7 Å². The lowest BCUT2D eigenvalue weighted by molar-refractivity contribution is -0.137. The molecule has 51 heavy (non-hydrogen) atoms. The first-order valence-corrected chi connectivity index (χ1v) is 17.7. The second-order valence-corrected chi connectivity index (χ2v) is 14.2.